The molecule has 25 heavy (non-hydrogen) atoms. The van der Waals surface area contributed by atoms with Crippen molar-refractivity contribution >= 4 is 28.3 Å². The van der Waals surface area contributed by atoms with Crippen LogP contribution in [0.25, 0.3) is 10.8 Å². The third kappa shape index (κ3) is 3.95. The fraction of sp³-hybridized carbons (Fsp3) is 0.167. The molecule has 7 heteroatoms. The summed E-state index contributed by atoms with van der Waals surface area (Å²) >= 11 is 0. The van der Waals surface area contributed by atoms with Gasteiger partial charge >= 0.3 is 5.91 Å². The summed E-state index contributed by atoms with van der Waals surface area (Å²) < 4.78 is 10.7. The molecular formula is C18H18N4O3. The molecule has 0 atom stereocenters. The number of nitrogens with zero attached hydrogens (tertiary/aromatic N) is 2. The minimum Gasteiger partial charge on any atom is -0.494 e. The number of hydrogen-bond donors (Lipinski definition) is 2. The molecule has 2 aromatic carbocycles. The van der Waals surface area contributed by atoms with E-state index in [-0.39, 0.29) is 6.61 Å². The monoisotopic (exact) mass is 338 g/mol. The summed E-state index contributed by atoms with van der Waals surface area (Å²) in [6.07, 6.45) is 0. The Kier molecular flexibility index (Phi) is 4.94. The van der Waals surface area contributed by atoms with E-state index in [1.165, 1.54) is 0 Å². The number of ether oxygens (including phenoxy) is 2. The van der Waals surface area contributed by atoms with Crippen LogP contribution in [0.3, 0.4) is 0 Å². The van der Waals surface area contributed by atoms with Crippen molar-refractivity contribution in [1.29, 1.82) is 0 Å². The van der Waals surface area contributed by atoms with Crippen molar-refractivity contribution in [2.24, 2.45) is 10.2 Å². The minimum absolute atomic E-state index is 0.203. The number of carbonyl (C=O) groups is 1. The molecule has 3 aromatic rings. The first-order valence-electron chi connectivity index (χ1n) is 7.83. The molecule has 7 nitrogen and oxygen atoms in total. The first-order chi connectivity index (χ1) is 12.2. The van der Waals surface area contributed by atoms with Crippen LogP contribution in [0.5, 0.6) is 11.5 Å². The molecule has 0 aliphatic carbocycles. The molecule has 0 aliphatic rings. The molecule has 128 valence electrons. The molecule has 1 aromatic heterocycles. The van der Waals surface area contributed by atoms with E-state index in [0.717, 1.165) is 16.5 Å². The van der Waals surface area contributed by atoms with Crippen molar-refractivity contribution in [3.63, 3.8) is 0 Å². The number of benzene rings is 2. The van der Waals surface area contributed by atoms with Crippen LogP contribution in [0.4, 0.5) is 11.6 Å². The number of azo groups is 1. The lowest BCUT2D eigenvalue weighted by molar-refractivity contribution is -0.120. The lowest BCUT2D eigenvalue weighted by Crippen LogP contribution is -2.07. The second-order valence-corrected chi connectivity index (χ2v) is 5.22. The van der Waals surface area contributed by atoms with E-state index in [1.54, 1.807) is 24.3 Å². The van der Waals surface area contributed by atoms with Crippen molar-refractivity contribution in [2.75, 3.05) is 18.9 Å². The van der Waals surface area contributed by atoms with Gasteiger partial charge in [0.15, 0.2) is 12.4 Å². The van der Waals surface area contributed by atoms with Gasteiger partial charge in [0.25, 0.3) is 0 Å². The largest absolute Gasteiger partial charge is 0.494 e. The molecule has 3 N–H and O–H groups in total. The van der Waals surface area contributed by atoms with E-state index in [4.69, 9.17) is 15.2 Å². The summed E-state index contributed by atoms with van der Waals surface area (Å²) in [5.41, 5.74) is 5.87. The highest BCUT2D eigenvalue weighted by atomic mass is 16.5. The third-order valence-electron chi connectivity index (χ3n) is 3.48. The summed E-state index contributed by atoms with van der Waals surface area (Å²) in [7, 11) is 0. The standard InChI is InChI=1S/C18H18N4O3/c1-2-24-12-7-9-13(10-8-12)25-11-16(23)21-22-18-15-6-4-3-5-14(15)17(19)20-18/h3-10,20H,2,11,19H2,1H3. The zero-order chi connectivity index (χ0) is 17.6. The van der Waals surface area contributed by atoms with Crippen LogP contribution in [0.2, 0.25) is 0 Å². The number of fused-ring (bicyclic) bond motifs is 1. The van der Waals surface area contributed by atoms with Gasteiger partial charge in [-0.05, 0) is 31.2 Å². The Hall–Kier alpha value is -3.35. The second-order valence-electron chi connectivity index (χ2n) is 5.22. The first kappa shape index (κ1) is 16.5. The Bertz CT molecular complexity index is 900. The second kappa shape index (κ2) is 7.48. The number of nitrogens with two attached hydrogens (primary N) is 1. The van der Waals surface area contributed by atoms with Crippen LogP contribution in [-0.4, -0.2) is 24.1 Å². The number of aromatic amines is 1. The van der Waals surface area contributed by atoms with Gasteiger partial charge in [-0.1, -0.05) is 24.3 Å². The van der Waals surface area contributed by atoms with Crippen LogP contribution in [0.15, 0.2) is 58.8 Å². The summed E-state index contributed by atoms with van der Waals surface area (Å²) in [5.74, 6) is 1.75. The topological polar surface area (TPSA) is 102 Å². The quantitative estimate of drug-likeness (QED) is 0.667. The minimum atomic E-state index is -0.494. The van der Waals surface area contributed by atoms with Crippen molar-refractivity contribution in [3.8, 4) is 11.5 Å². The van der Waals surface area contributed by atoms with Gasteiger partial charge in [0.05, 0.1) is 6.61 Å². The van der Waals surface area contributed by atoms with Crippen LogP contribution in [0, 0.1) is 0 Å². The van der Waals surface area contributed by atoms with Crippen molar-refractivity contribution in [1.82, 2.24) is 4.98 Å². The highest BCUT2D eigenvalue weighted by molar-refractivity contribution is 5.99. The molecule has 0 radical (unpaired) electrons. The fourth-order valence-corrected chi connectivity index (χ4v) is 2.34. The van der Waals surface area contributed by atoms with Crippen LogP contribution in [-0.2, 0) is 4.79 Å². The van der Waals surface area contributed by atoms with Crippen molar-refractivity contribution < 1.29 is 14.3 Å². The van der Waals surface area contributed by atoms with E-state index < -0.39 is 5.91 Å². The summed E-state index contributed by atoms with van der Waals surface area (Å²) in [6, 6.07) is 14.5. The maximum Gasteiger partial charge on any atom is 0.302 e. The summed E-state index contributed by atoms with van der Waals surface area (Å²) in [5, 5.41) is 9.27. The molecule has 3 rings (SSSR count). The molecule has 0 saturated heterocycles. The molecule has 0 spiro atoms. The SMILES string of the molecule is CCOc1ccc(OCC(=O)N=Nc2[nH]c(N)c3ccccc23)cc1. The lowest BCUT2D eigenvalue weighted by Gasteiger charge is -2.05. The predicted octanol–water partition coefficient (Wildman–Crippen LogP) is 3.84. The number of nitrogen functional groups attached to an aromatic ring is 1. The summed E-state index contributed by atoms with van der Waals surface area (Å²) in [6.45, 7) is 2.30. The number of nitrogens with one attached hydrogen (secondary N) is 1. The van der Waals surface area contributed by atoms with Gasteiger partial charge in [-0.25, -0.2) is 0 Å². The Balaban J connectivity index is 1.61. The lowest BCUT2D eigenvalue weighted by atomic mass is 10.2. The van der Waals surface area contributed by atoms with Gasteiger partial charge < -0.3 is 20.2 Å². The van der Waals surface area contributed by atoms with Gasteiger partial charge in [0, 0.05) is 10.8 Å². The maximum absolute atomic E-state index is 11.8. The molecule has 0 saturated carbocycles. The fourth-order valence-electron chi connectivity index (χ4n) is 2.34. The first-order valence-corrected chi connectivity index (χ1v) is 7.83. The Morgan fingerprint density at radius 1 is 1.04 bits per heavy atom. The van der Waals surface area contributed by atoms with E-state index in [0.29, 0.717) is 24.0 Å². The molecule has 0 bridgehead atoms. The third-order valence-corrected chi connectivity index (χ3v) is 3.48. The van der Waals surface area contributed by atoms with Gasteiger partial charge in [0.1, 0.15) is 17.3 Å². The highest BCUT2D eigenvalue weighted by Gasteiger charge is 2.08. The smallest absolute Gasteiger partial charge is 0.302 e. The van der Waals surface area contributed by atoms with Gasteiger partial charge in [0.2, 0.25) is 0 Å². The van der Waals surface area contributed by atoms with Crippen molar-refractivity contribution in [2.45, 2.75) is 6.92 Å². The average Bonchev–Trinajstić information content (AvgIpc) is 2.96. The van der Waals surface area contributed by atoms with E-state index in [2.05, 4.69) is 15.2 Å². The molecule has 0 fully saturated rings. The molecule has 1 amide bonds. The highest BCUT2D eigenvalue weighted by Crippen LogP contribution is 2.30. The van der Waals surface area contributed by atoms with Crippen molar-refractivity contribution in [3.05, 3.63) is 48.5 Å². The van der Waals surface area contributed by atoms with E-state index >= 15 is 0 Å². The zero-order valence-electron chi connectivity index (χ0n) is 13.7. The number of anilines is 1. The van der Waals surface area contributed by atoms with Crippen LogP contribution < -0.4 is 15.2 Å². The predicted molar refractivity (Wildman–Crippen MR) is 95.3 cm³/mol. The van der Waals surface area contributed by atoms with E-state index in [1.807, 2.05) is 31.2 Å². The maximum atomic E-state index is 11.8. The molecule has 0 aliphatic heterocycles. The zero-order valence-corrected chi connectivity index (χ0v) is 13.7. The normalized spacial score (nSPS) is 11.1. The van der Waals surface area contributed by atoms with Gasteiger partial charge in [-0.2, -0.15) is 0 Å². The number of amides is 1. The van der Waals surface area contributed by atoms with Gasteiger partial charge in [-0.3, -0.25) is 4.79 Å². The van der Waals surface area contributed by atoms with Gasteiger partial charge in [-0.15, -0.1) is 10.2 Å². The van der Waals surface area contributed by atoms with Crippen LogP contribution in [0.1, 0.15) is 6.92 Å². The van der Waals surface area contributed by atoms with Crippen LogP contribution >= 0.6 is 0 Å². The van der Waals surface area contributed by atoms with E-state index in [9.17, 15) is 4.79 Å². The Morgan fingerprint density at radius 2 is 1.68 bits per heavy atom. The molecule has 0 unspecified atom stereocenters. The molecule has 1 heterocycles. The average molecular weight is 338 g/mol. The number of hydrogen-bond acceptors (Lipinski definition) is 5. The molecular weight excluding hydrogens is 320 g/mol. The number of H-pyrrole nitrogens is 1. The summed E-state index contributed by atoms with van der Waals surface area (Å²) in [4.78, 5) is 14.8. The number of rotatable bonds is 6. The Morgan fingerprint density at radius 3 is 2.36 bits per heavy atom. The number of carbonyl (C=O) groups excluding carboxylic acids is 1. The Labute approximate surface area is 144 Å². The number of aromatic nitrogens is 1.